The lowest BCUT2D eigenvalue weighted by Crippen LogP contribution is -2.30. The highest BCUT2D eigenvalue weighted by Crippen LogP contribution is 2.63. The van der Waals surface area contributed by atoms with Gasteiger partial charge in [-0.05, 0) is 23.0 Å². The second kappa shape index (κ2) is 4.14. The van der Waals surface area contributed by atoms with Crippen molar-refractivity contribution in [2.75, 3.05) is 5.73 Å². The second-order valence-electron chi connectivity index (χ2n) is 6.27. The molecule has 0 aliphatic heterocycles. The Morgan fingerprint density at radius 1 is 1.15 bits per heavy atom. The fraction of sp³-hybridized carbons (Fsp3) is 0.538. The van der Waals surface area contributed by atoms with Crippen LogP contribution in [0, 0.1) is 22.5 Å². The van der Waals surface area contributed by atoms with Gasteiger partial charge in [0.1, 0.15) is 16.4 Å². The lowest BCUT2D eigenvalue weighted by Gasteiger charge is -2.10. The molecule has 3 N–H and O–H groups in total. The van der Waals surface area contributed by atoms with Crippen LogP contribution in [0.2, 0.25) is 0 Å². The van der Waals surface area contributed by atoms with Crippen LogP contribution in [-0.2, 0) is 10.0 Å². The maximum atomic E-state index is 13.8. The Morgan fingerprint density at radius 2 is 1.65 bits per heavy atom. The van der Waals surface area contributed by atoms with Crippen molar-refractivity contribution in [1.82, 2.24) is 4.72 Å². The Hall–Kier alpha value is -1.21. The second-order valence-corrected chi connectivity index (χ2v) is 7.95. The number of nitrogens with two attached hydrogens (primary N) is 1. The summed E-state index contributed by atoms with van der Waals surface area (Å²) in [4.78, 5) is -0.630. The average Bonchev–Trinajstić information content (AvgIpc) is 2.68. The third kappa shape index (κ3) is 2.00. The van der Waals surface area contributed by atoms with Crippen LogP contribution in [0.3, 0.4) is 0 Å². The molecule has 0 radical (unpaired) electrons. The molecule has 1 fully saturated rings. The zero-order valence-electron chi connectivity index (χ0n) is 11.8. The third-order valence-corrected chi connectivity index (χ3v) is 6.11. The highest BCUT2D eigenvalue weighted by Gasteiger charge is 2.66. The SMILES string of the molecule is CC1(C)C(NS(=O)(=O)c2ccc(F)c(N)c2F)C1(C)C. The van der Waals surface area contributed by atoms with Gasteiger partial charge in [0.2, 0.25) is 10.0 Å². The van der Waals surface area contributed by atoms with E-state index in [0.717, 1.165) is 12.1 Å². The summed E-state index contributed by atoms with van der Waals surface area (Å²) in [5.74, 6) is -2.23. The maximum Gasteiger partial charge on any atom is 0.243 e. The zero-order chi connectivity index (χ0) is 15.5. The van der Waals surface area contributed by atoms with Gasteiger partial charge in [0, 0.05) is 6.04 Å². The number of anilines is 1. The number of nitrogen functional groups attached to an aromatic ring is 1. The molecule has 0 aromatic heterocycles. The number of rotatable bonds is 3. The Bertz CT molecular complexity index is 655. The summed E-state index contributed by atoms with van der Waals surface area (Å²) in [5, 5.41) is 0. The van der Waals surface area contributed by atoms with Crippen LogP contribution >= 0.6 is 0 Å². The molecule has 2 rings (SSSR count). The van der Waals surface area contributed by atoms with Crippen molar-refractivity contribution in [1.29, 1.82) is 0 Å². The molecule has 20 heavy (non-hydrogen) atoms. The summed E-state index contributed by atoms with van der Waals surface area (Å²) < 4.78 is 53.8. The van der Waals surface area contributed by atoms with E-state index in [1.165, 1.54) is 0 Å². The number of hydrogen-bond acceptors (Lipinski definition) is 3. The van der Waals surface area contributed by atoms with E-state index in [-0.39, 0.29) is 16.9 Å². The first kappa shape index (κ1) is 15.2. The van der Waals surface area contributed by atoms with Crippen LogP contribution in [-0.4, -0.2) is 14.5 Å². The van der Waals surface area contributed by atoms with Gasteiger partial charge in [0.05, 0.1) is 0 Å². The average molecular weight is 304 g/mol. The molecular weight excluding hydrogens is 286 g/mol. The Balaban J connectivity index is 2.37. The Kier molecular flexibility index (Phi) is 3.15. The molecule has 0 heterocycles. The van der Waals surface area contributed by atoms with Gasteiger partial charge in [0.15, 0.2) is 5.82 Å². The molecule has 112 valence electrons. The molecule has 0 spiro atoms. The summed E-state index contributed by atoms with van der Waals surface area (Å²) in [6.45, 7) is 7.70. The summed E-state index contributed by atoms with van der Waals surface area (Å²) >= 11 is 0. The molecule has 1 saturated carbocycles. The molecule has 0 bridgehead atoms. The molecule has 0 atom stereocenters. The predicted octanol–water partition coefficient (Wildman–Crippen LogP) is 2.26. The van der Waals surface area contributed by atoms with Crippen LogP contribution in [0.4, 0.5) is 14.5 Å². The number of nitrogens with one attached hydrogen (secondary N) is 1. The van der Waals surface area contributed by atoms with E-state index in [4.69, 9.17) is 5.73 Å². The van der Waals surface area contributed by atoms with E-state index < -0.39 is 32.2 Å². The topological polar surface area (TPSA) is 72.2 Å². The monoisotopic (exact) mass is 304 g/mol. The van der Waals surface area contributed by atoms with Crippen molar-refractivity contribution in [3.63, 3.8) is 0 Å². The van der Waals surface area contributed by atoms with E-state index in [2.05, 4.69) is 4.72 Å². The van der Waals surface area contributed by atoms with Crippen molar-refractivity contribution < 1.29 is 17.2 Å². The van der Waals surface area contributed by atoms with Crippen LogP contribution in [0.1, 0.15) is 27.7 Å². The minimum Gasteiger partial charge on any atom is -0.394 e. The highest BCUT2D eigenvalue weighted by atomic mass is 32.2. The van der Waals surface area contributed by atoms with Gasteiger partial charge in [-0.3, -0.25) is 0 Å². The Morgan fingerprint density at radius 3 is 2.10 bits per heavy atom. The van der Waals surface area contributed by atoms with E-state index in [1.807, 2.05) is 27.7 Å². The van der Waals surface area contributed by atoms with Gasteiger partial charge >= 0.3 is 0 Å². The van der Waals surface area contributed by atoms with E-state index in [0.29, 0.717) is 0 Å². The molecular formula is C13H18F2N2O2S. The number of benzene rings is 1. The lowest BCUT2D eigenvalue weighted by molar-refractivity contribution is 0.457. The van der Waals surface area contributed by atoms with Crippen molar-refractivity contribution in [2.45, 2.75) is 38.6 Å². The smallest absolute Gasteiger partial charge is 0.243 e. The minimum absolute atomic E-state index is 0.234. The highest BCUT2D eigenvalue weighted by molar-refractivity contribution is 7.89. The number of hydrogen-bond donors (Lipinski definition) is 2. The third-order valence-electron chi connectivity index (χ3n) is 4.67. The molecule has 0 saturated heterocycles. The molecule has 0 amide bonds. The van der Waals surface area contributed by atoms with Gasteiger partial charge < -0.3 is 5.73 Å². The quantitative estimate of drug-likeness (QED) is 0.841. The first-order valence-corrected chi connectivity index (χ1v) is 7.67. The molecule has 1 aliphatic rings. The zero-order valence-corrected chi connectivity index (χ0v) is 12.6. The Labute approximate surface area is 117 Å². The van der Waals surface area contributed by atoms with Crippen molar-refractivity contribution in [2.24, 2.45) is 10.8 Å². The largest absolute Gasteiger partial charge is 0.394 e. The van der Waals surface area contributed by atoms with Gasteiger partial charge in [-0.1, -0.05) is 27.7 Å². The first-order chi connectivity index (χ1) is 8.93. The molecule has 7 heteroatoms. The summed E-state index contributed by atoms with van der Waals surface area (Å²) in [7, 11) is -4.08. The van der Waals surface area contributed by atoms with Crippen molar-refractivity contribution in [3.8, 4) is 0 Å². The van der Waals surface area contributed by atoms with Crippen LogP contribution in [0.5, 0.6) is 0 Å². The molecule has 1 aromatic rings. The van der Waals surface area contributed by atoms with Crippen LogP contribution in [0.15, 0.2) is 17.0 Å². The van der Waals surface area contributed by atoms with Crippen molar-refractivity contribution in [3.05, 3.63) is 23.8 Å². The summed E-state index contributed by atoms with van der Waals surface area (Å²) in [6.07, 6.45) is 0. The summed E-state index contributed by atoms with van der Waals surface area (Å²) in [6, 6.07) is 1.41. The minimum atomic E-state index is -4.08. The molecule has 1 aromatic carbocycles. The number of sulfonamides is 1. The van der Waals surface area contributed by atoms with Gasteiger partial charge in [0.25, 0.3) is 0 Å². The van der Waals surface area contributed by atoms with E-state index in [9.17, 15) is 17.2 Å². The normalized spacial score (nSPS) is 20.9. The fourth-order valence-corrected chi connectivity index (χ4v) is 4.09. The van der Waals surface area contributed by atoms with Crippen LogP contribution in [0.25, 0.3) is 0 Å². The fourth-order valence-electron chi connectivity index (χ4n) is 2.47. The molecule has 4 nitrogen and oxygen atoms in total. The van der Waals surface area contributed by atoms with Gasteiger partial charge in [-0.2, -0.15) is 0 Å². The number of halogens is 2. The summed E-state index contributed by atoms with van der Waals surface area (Å²) in [5.41, 5.74) is 3.93. The van der Waals surface area contributed by atoms with E-state index >= 15 is 0 Å². The maximum absolute atomic E-state index is 13.8. The first-order valence-electron chi connectivity index (χ1n) is 6.18. The molecule has 0 unspecified atom stereocenters. The predicted molar refractivity (Wildman–Crippen MR) is 72.4 cm³/mol. The standard InChI is InChI=1S/C13H18F2N2O2S/c1-12(2)11(13(12,3)4)17-20(18,19)8-6-5-7(14)10(16)9(8)15/h5-6,11,17H,16H2,1-4H3. The molecule has 1 aliphatic carbocycles. The van der Waals surface area contributed by atoms with E-state index in [1.54, 1.807) is 0 Å². The van der Waals surface area contributed by atoms with Gasteiger partial charge in [-0.15, -0.1) is 0 Å². The van der Waals surface area contributed by atoms with Gasteiger partial charge in [-0.25, -0.2) is 21.9 Å². The van der Waals surface area contributed by atoms with Crippen LogP contribution < -0.4 is 10.5 Å². The lowest BCUT2D eigenvalue weighted by atomic mass is 10.0. The van der Waals surface area contributed by atoms with Crippen molar-refractivity contribution >= 4 is 15.7 Å².